The number of benzene rings is 1. The Bertz CT molecular complexity index is 593. The molecule has 110 valence electrons. The Morgan fingerprint density at radius 2 is 2.24 bits per heavy atom. The summed E-state index contributed by atoms with van der Waals surface area (Å²) < 4.78 is 0. The smallest absolute Gasteiger partial charge is 0.137 e. The molecule has 1 aromatic rings. The summed E-state index contributed by atoms with van der Waals surface area (Å²) in [6.07, 6.45) is 6.78. The molecule has 2 heteroatoms. The van der Waals surface area contributed by atoms with Crippen LogP contribution in [0.15, 0.2) is 36.9 Å². The van der Waals surface area contributed by atoms with Crippen molar-refractivity contribution in [1.29, 1.82) is 0 Å². The second-order valence-electron chi connectivity index (χ2n) is 7.03. The first-order valence-electron chi connectivity index (χ1n) is 8.20. The summed E-state index contributed by atoms with van der Waals surface area (Å²) in [7, 11) is 0. The van der Waals surface area contributed by atoms with Crippen LogP contribution in [-0.4, -0.2) is 18.4 Å². The van der Waals surface area contributed by atoms with Crippen LogP contribution in [0.25, 0.3) is 0 Å². The Labute approximate surface area is 126 Å². The second kappa shape index (κ2) is 4.81. The van der Waals surface area contributed by atoms with Gasteiger partial charge in [0.15, 0.2) is 0 Å². The number of piperidine rings is 1. The molecule has 0 spiro atoms. The van der Waals surface area contributed by atoms with Crippen LogP contribution >= 0.6 is 0 Å². The van der Waals surface area contributed by atoms with E-state index in [9.17, 15) is 4.79 Å². The zero-order valence-electron chi connectivity index (χ0n) is 12.5. The molecule has 3 aliphatic rings. The number of hydrogen-bond acceptors (Lipinski definition) is 2. The predicted octanol–water partition coefficient (Wildman–Crippen LogP) is 3.01. The van der Waals surface area contributed by atoms with Crippen molar-refractivity contribution in [3.05, 3.63) is 48.0 Å². The van der Waals surface area contributed by atoms with Crippen molar-refractivity contribution in [2.75, 3.05) is 6.54 Å². The van der Waals surface area contributed by atoms with Crippen LogP contribution in [-0.2, 0) is 16.6 Å². The minimum atomic E-state index is 0.111. The Morgan fingerprint density at radius 1 is 1.38 bits per heavy atom. The lowest BCUT2D eigenvalue weighted by Gasteiger charge is -2.56. The van der Waals surface area contributed by atoms with Crippen molar-refractivity contribution >= 4 is 5.78 Å². The SMILES string of the molecule is C=CCC1C[C@H]2[C@H]3Cc4ccccc4[C@@]2(CCN3)CC1=O. The molecule has 0 amide bonds. The van der Waals surface area contributed by atoms with Crippen molar-refractivity contribution in [1.82, 2.24) is 5.32 Å². The lowest BCUT2D eigenvalue weighted by Crippen LogP contribution is -2.61. The number of ketones is 1. The molecule has 1 aromatic carbocycles. The fourth-order valence-corrected chi connectivity index (χ4v) is 5.19. The Balaban J connectivity index is 1.80. The highest BCUT2D eigenvalue weighted by Gasteiger charge is 2.55. The average Bonchev–Trinajstić information content (AvgIpc) is 2.48. The van der Waals surface area contributed by atoms with E-state index in [2.05, 4.69) is 36.2 Å². The fraction of sp³-hybridized carbons (Fsp3) is 0.526. The number of hydrogen-bond donors (Lipinski definition) is 1. The highest BCUT2D eigenvalue weighted by atomic mass is 16.1. The van der Waals surface area contributed by atoms with Crippen molar-refractivity contribution in [2.45, 2.75) is 43.6 Å². The van der Waals surface area contributed by atoms with E-state index in [1.807, 2.05) is 6.08 Å². The lowest BCUT2D eigenvalue weighted by molar-refractivity contribution is -0.130. The molecular formula is C19H23NO. The normalized spacial score (nSPS) is 37.5. The van der Waals surface area contributed by atoms with E-state index in [1.165, 1.54) is 11.1 Å². The number of fused-ring (bicyclic) bond motifs is 1. The number of nitrogens with one attached hydrogen (secondary N) is 1. The molecule has 1 saturated carbocycles. The number of Topliss-reactive ketones (excluding diaryl/α,β-unsaturated/α-hetero) is 1. The van der Waals surface area contributed by atoms with Crippen LogP contribution in [0.4, 0.5) is 0 Å². The van der Waals surface area contributed by atoms with Gasteiger partial charge in [-0.15, -0.1) is 6.58 Å². The molecule has 1 N–H and O–H groups in total. The molecule has 1 saturated heterocycles. The van der Waals surface area contributed by atoms with Crippen LogP contribution in [0.3, 0.4) is 0 Å². The van der Waals surface area contributed by atoms with Gasteiger partial charge in [0.05, 0.1) is 0 Å². The molecule has 2 bridgehead atoms. The number of rotatable bonds is 2. The summed E-state index contributed by atoms with van der Waals surface area (Å²) in [5.74, 6) is 1.28. The maximum atomic E-state index is 12.7. The molecule has 2 nitrogen and oxygen atoms in total. The Hall–Kier alpha value is -1.41. The summed E-state index contributed by atoms with van der Waals surface area (Å²) >= 11 is 0. The average molecular weight is 281 g/mol. The van der Waals surface area contributed by atoms with E-state index in [0.717, 1.165) is 38.6 Å². The van der Waals surface area contributed by atoms with Crippen molar-refractivity contribution in [3.63, 3.8) is 0 Å². The van der Waals surface area contributed by atoms with E-state index in [0.29, 0.717) is 17.7 Å². The third-order valence-electron chi connectivity index (χ3n) is 6.10. The Kier molecular flexibility index (Phi) is 3.04. The molecule has 4 atom stereocenters. The zero-order valence-corrected chi connectivity index (χ0v) is 12.5. The van der Waals surface area contributed by atoms with Gasteiger partial charge in [0.25, 0.3) is 0 Å². The number of allylic oxidation sites excluding steroid dienone is 1. The molecule has 4 rings (SSSR count). The van der Waals surface area contributed by atoms with Crippen LogP contribution in [0.2, 0.25) is 0 Å². The minimum absolute atomic E-state index is 0.111. The first-order valence-corrected chi connectivity index (χ1v) is 8.20. The van der Waals surface area contributed by atoms with Crippen molar-refractivity contribution < 1.29 is 4.79 Å². The molecule has 1 aliphatic heterocycles. The summed E-state index contributed by atoms with van der Waals surface area (Å²) in [5, 5.41) is 3.73. The molecular weight excluding hydrogens is 258 g/mol. The first-order chi connectivity index (χ1) is 10.2. The monoisotopic (exact) mass is 281 g/mol. The maximum absolute atomic E-state index is 12.7. The zero-order chi connectivity index (χ0) is 14.4. The summed E-state index contributed by atoms with van der Waals surface area (Å²) in [4.78, 5) is 12.7. The van der Waals surface area contributed by atoms with Crippen LogP contribution in [0.5, 0.6) is 0 Å². The first kappa shape index (κ1) is 13.3. The van der Waals surface area contributed by atoms with E-state index < -0.39 is 0 Å². The van der Waals surface area contributed by atoms with Gasteiger partial charge in [-0.25, -0.2) is 0 Å². The minimum Gasteiger partial charge on any atom is -0.313 e. The quantitative estimate of drug-likeness (QED) is 0.844. The summed E-state index contributed by atoms with van der Waals surface area (Å²) in [6.45, 7) is 4.88. The lowest BCUT2D eigenvalue weighted by atomic mass is 9.51. The van der Waals surface area contributed by atoms with Gasteiger partial charge in [-0.1, -0.05) is 30.3 Å². The van der Waals surface area contributed by atoms with Gasteiger partial charge in [0, 0.05) is 23.8 Å². The Morgan fingerprint density at radius 3 is 3.10 bits per heavy atom. The fourth-order valence-electron chi connectivity index (χ4n) is 5.19. The molecule has 1 heterocycles. The van der Waals surface area contributed by atoms with Gasteiger partial charge in [-0.05, 0) is 49.3 Å². The highest BCUT2D eigenvalue weighted by Crippen LogP contribution is 2.54. The topological polar surface area (TPSA) is 29.1 Å². The largest absolute Gasteiger partial charge is 0.313 e. The molecule has 0 radical (unpaired) electrons. The van der Waals surface area contributed by atoms with Crippen molar-refractivity contribution in [2.24, 2.45) is 11.8 Å². The molecule has 2 fully saturated rings. The van der Waals surface area contributed by atoms with Gasteiger partial charge in [0.1, 0.15) is 5.78 Å². The molecule has 21 heavy (non-hydrogen) atoms. The predicted molar refractivity (Wildman–Crippen MR) is 84.3 cm³/mol. The van der Waals surface area contributed by atoms with E-state index in [-0.39, 0.29) is 11.3 Å². The third kappa shape index (κ3) is 1.85. The summed E-state index contributed by atoms with van der Waals surface area (Å²) in [6, 6.07) is 9.37. The van der Waals surface area contributed by atoms with E-state index in [1.54, 1.807) is 0 Å². The number of carbonyl (C=O) groups excluding carboxylic acids is 1. The van der Waals surface area contributed by atoms with Gasteiger partial charge in [0.2, 0.25) is 0 Å². The van der Waals surface area contributed by atoms with Gasteiger partial charge < -0.3 is 5.32 Å². The van der Waals surface area contributed by atoms with E-state index >= 15 is 0 Å². The highest BCUT2D eigenvalue weighted by molar-refractivity contribution is 5.84. The molecule has 0 aromatic heterocycles. The van der Waals surface area contributed by atoms with Gasteiger partial charge in [-0.2, -0.15) is 0 Å². The van der Waals surface area contributed by atoms with Gasteiger partial charge >= 0.3 is 0 Å². The second-order valence-corrected chi connectivity index (χ2v) is 7.03. The summed E-state index contributed by atoms with van der Waals surface area (Å²) in [5.41, 5.74) is 3.04. The molecule has 1 unspecified atom stereocenters. The number of carbonyl (C=O) groups is 1. The van der Waals surface area contributed by atoms with Crippen molar-refractivity contribution in [3.8, 4) is 0 Å². The third-order valence-corrected chi connectivity index (χ3v) is 6.10. The molecule has 2 aliphatic carbocycles. The van der Waals surface area contributed by atoms with Gasteiger partial charge in [-0.3, -0.25) is 4.79 Å². The van der Waals surface area contributed by atoms with Crippen LogP contribution in [0, 0.1) is 11.8 Å². The standard InChI is InChI=1S/C19H23NO/c1-2-5-14-10-16-17-11-13-6-3-4-7-15(13)19(16,8-9-20-17)12-18(14)21/h2-4,6-7,14,16-17,20H,1,5,8-12H2/t14?,16-,17+,19+/m0/s1. The van der Waals surface area contributed by atoms with E-state index in [4.69, 9.17) is 0 Å². The van der Waals surface area contributed by atoms with Crippen LogP contribution in [0.1, 0.15) is 36.8 Å². The maximum Gasteiger partial charge on any atom is 0.137 e. The van der Waals surface area contributed by atoms with Crippen LogP contribution < -0.4 is 5.32 Å².